The van der Waals surface area contributed by atoms with Crippen LogP contribution in [-0.2, 0) is 17.8 Å². The van der Waals surface area contributed by atoms with E-state index in [4.69, 9.17) is 10.8 Å². The normalized spacial score (nSPS) is 10.8. The summed E-state index contributed by atoms with van der Waals surface area (Å²) < 4.78 is 1.91. The van der Waals surface area contributed by atoms with Gasteiger partial charge in [-0.25, -0.2) is 9.78 Å². The first-order chi connectivity index (χ1) is 9.02. The second kappa shape index (κ2) is 5.09. The van der Waals surface area contributed by atoms with Crippen molar-refractivity contribution in [1.82, 2.24) is 9.55 Å². The molecule has 1 aromatic carbocycles. The number of carboxylic acids is 1. The second-order valence-electron chi connectivity index (χ2n) is 4.26. The number of aryl methyl sites for hydroxylation is 2. The minimum atomic E-state index is -0.980. The zero-order valence-electron chi connectivity index (χ0n) is 10.6. The van der Waals surface area contributed by atoms with Crippen molar-refractivity contribution in [3.05, 3.63) is 29.6 Å². The maximum atomic E-state index is 10.9. The molecule has 19 heavy (non-hydrogen) atoms. The van der Waals surface area contributed by atoms with Crippen LogP contribution in [0.15, 0.2) is 18.2 Å². The van der Waals surface area contributed by atoms with Crippen molar-refractivity contribution in [3.63, 3.8) is 0 Å². The van der Waals surface area contributed by atoms with Crippen LogP contribution in [0.2, 0.25) is 0 Å². The molecule has 1 heterocycles. The highest BCUT2D eigenvalue weighted by Crippen LogP contribution is 2.19. The van der Waals surface area contributed by atoms with Gasteiger partial charge >= 0.3 is 5.97 Å². The fraction of sp³-hybridized carbons (Fsp3) is 0.308. The first kappa shape index (κ1) is 13.1. The van der Waals surface area contributed by atoms with Crippen molar-refractivity contribution in [2.45, 2.75) is 26.3 Å². The summed E-state index contributed by atoms with van der Waals surface area (Å²) in [6.07, 6.45) is 0.939. The molecule has 6 nitrogen and oxygen atoms in total. The number of carboxylic acid groups (broad SMARTS) is 1. The Labute approximate surface area is 109 Å². The number of nitrogens with zero attached hydrogens (tertiary/aromatic N) is 2. The number of carbonyl (C=O) groups is 2. The molecule has 0 unspecified atom stereocenters. The van der Waals surface area contributed by atoms with Gasteiger partial charge < -0.3 is 15.4 Å². The van der Waals surface area contributed by atoms with Crippen LogP contribution in [0.25, 0.3) is 11.0 Å². The highest BCUT2D eigenvalue weighted by Gasteiger charge is 2.12. The molecular formula is C13H15N3O3. The molecule has 0 saturated heterocycles. The second-order valence-corrected chi connectivity index (χ2v) is 4.26. The van der Waals surface area contributed by atoms with E-state index in [9.17, 15) is 9.59 Å². The van der Waals surface area contributed by atoms with Gasteiger partial charge in [-0.2, -0.15) is 0 Å². The number of hydrogen-bond donors (Lipinski definition) is 2. The number of amides is 1. The van der Waals surface area contributed by atoms with E-state index in [2.05, 4.69) is 4.98 Å². The maximum Gasteiger partial charge on any atom is 0.335 e. The third kappa shape index (κ3) is 2.57. The van der Waals surface area contributed by atoms with E-state index in [1.54, 1.807) is 6.07 Å². The third-order valence-corrected chi connectivity index (χ3v) is 2.97. The smallest absolute Gasteiger partial charge is 0.335 e. The van der Waals surface area contributed by atoms with Crippen LogP contribution in [0.5, 0.6) is 0 Å². The Balaban J connectivity index is 2.49. The summed E-state index contributed by atoms with van der Waals surface area (Å²) in [5.41, 5.74) is 6.81. The summed E-state index contributed by atoms with van der Waals surface area (Å²) in [6.45, 7) is 2.42. The summed E-state index contributed by atoms with van der Waals surface area (Å²) >= 11 is 0. The SMILES string of the molecule is CCc1nc2cc(C(=O)O)ccc2n1CCC(N)=O. The number of benzene rings is 1. The van der Waals surface area contributed by atoms with Crippen LogP contribution >= 0.6 is 0 Å². The number of imidazole rings is 1. The Kier molecular flexibility index (Phi) is 3.50. The predicted molar refractivity (Wildman–Crippen MR) is 69.9 cm³/mol. The molecule has 6 heteroatoms. The summed E-state index contributed by atoms with van der Waals surface area (Å²) in [6, 6.07) is 4.79. The Morgan fingerprint density at radius 2 is 2.16 bits per heavy atom. The Hall–Kier alpha value is -2.37. The van der Waals surface area contributed by atoms with Crippen molar-refractivity contribution in [1.29, 1.82) is 0 Å². The van der Waals surface area contributed by atoms with Crippen molar-refractivity contribution in [2.24, 2.45) is 5.73 Å². The molecule has 0 atom stereocenters. The lowest BCUT2D eigenvalue weighted by atomic mass is 10.2. The van der Waals surface area contributed by atoms with Crippen molar-refractivity contribution in [3.8, 4) is 0 Å². The lowest BCUT2D eigenvalue weighted by Crippen LogP contribution is -2.15. The van der Waals surface area contributed by atoms with Gasteiger partial charge in [0.25, 0.3) is 0 Å². The predicted octanol–water partition coefficient (Wildman–Crippen LogP) is 1.17. The van der Waals surface area contributed by atoms with Crippen molar-refractivity contribution < 1.29 is 14.7 Å². The van der Waals surface area contributed by atoms with Crippen molar-refractivity contribution >= 4 is 22.9 Å². The van der Waals surface area contributed by atoms with Gasteiger partial charge in [-0.1, -0.05) is 6.92 Å². The molecule has 1 aromatic heterocycles. The Morgan fingerprint density at radius 1 is 1.42 bits per heavy atom. The highest BCUT2D eigenvalue weighted by atomic mass is 16.4. The van der Waals surface area contributed by atoms with E-state index < -0.39 is 5.97 Å². The van der Waals surface area contributed by atoms with Crippen LogP contribution in [0.1, 0.15) is 29.5 Å². The molecule has 3 N–H and O–H groups in total. The molecule has 0 fully saturated rings. The fourth-order valence-electron chi connectivity index (χ4n) is 2.05. The molecular weight excluding hydrogens is 246 g/mol. The van der Waals surface area contributed by atoms with Gasteiger partial charge in [0.2, 0.25) is 5.91 Å². The van der Waals surface area contributed by atoms with Crippen molar-refractivity contribution in [2.75, 3.05) is 0 Å². The quantitative estimate of drug-likeness (QED) is 0.844. The number of nitrogens with two attached hydrogens (primary N) is 1. The van der Waals surface area contributed by atoms with E-state index in [1.807, 2.05) is 11.5 Å². The van der Waals surface area contributed by atoms with E-state index in [-0.39, 0.29) is 17.9 Å². The van der Waals surface area contributed by atoms with E-state index >= 15 is 0 Å². The molecule has 1 amide bonds. The average molecular weight is 261 g/mol. The number of primary amides is 1. The van der Waals surface area contributed by atoms with Crippen LogP contribution in [-0.4, -0.2) is 26.5 Å². The van der Waals surface area contributed by atoms with Crippen LogP contribution in [0, 0.1) is 0 Å². The molecule has 100 valence electrons. The molecule has 0 aliphatic rings. The van der Waals surface area contributed by atoms with Gasteiger partial charge in [0.15, 0.2) is 0 Å². The number of carbonyl (C=O) groups excluding carboxylic acids is 1. The standard InChI is InChI=1S/C13H15N3O3/c1-2-12-15-9-7-8(13(18)19)3-4-10(9)16(12)6-5-11(14)17/h3-4,7H,2,5-6H2,1H3,(H2,14,17)(H,18,19). The lowest BCUT2D eigenvalue weighted by molar-refractivity contribution is -0.118. The first-order valence-corrected chi connectivity index (χ1v) is 6.03. The molecule has 0 saturated carbocycles. The minimum Gasteiger partial charge on any atom is -0.478 e. The van der Waals surface area contributed by atoms with E-state index in [0.29, 0.717) is 18.5 Å². The first-order valence-electron chi connectivity index (χ1n) is 6.03. The Morgan fingerprint density at radius 3 is 2.74 bits per heavy atom. The van der Waals surface area contributed by atoms with Crippen LogP contribution < -0.4 is 5.73 Å². The zero-order chi connectivity index (χ0) is 14.0. The fourth-order valence-corrected chi connectivity index (χ4v) is 2.05. The molecule has 2 rings (SSSR count). The third-order valence-electron chi connectivity index (χ3n) is 2.97. The number of fused-ring (bicyclic) bond motifs is 1. The maximum absolute atomic E-state index is 10.9. The van der Waals surface area contributed by atoms with E-state index in [0.717, 1.165) is 11.3 Å². The van der Waals surface area contributed by atoms with E-state index in [1.165, 1.54) is 12.1 Å². The average Bonchev–Trinajstić information content (AvgIpc) is 2.72. The molecule has 0 bridgehead atoms. The zero-order valence-corrected chi connectivity index (χ0v) is 10.6. The molecule has 0 aliphatic heterocycles. The molecule has 0 radical (unpaired) electrons. The lowest BCUT2D eigenvalue weighted by Gasteiger charge is -2.06. The summed E-state index contributed by atoms with van der Waals surface area (Å²) in [4.78, 5) is 26.2. The van der Waals surface area contributed by atoms with Gasteiger partial charge in [-0.05, 0) is 18.2 Å². The molecule has 0 spiro atoms. The van der Waals surface area contributed by atoms with Gasteiger partial charge in [0, 0.05) is 19.4 Å². The van der Waals surface area contributed by atoms with Gasteiger partial charge in [-0.3, -0.25) is 4.79 Å². The number of aromatic nitrogens is 2. The van der Waals surface area contributed by atoms with Gasteiger partial charge in [-0.15, -0.1) is 0 Å². The number of rotatable bonds is 5. The summed E-state index contributed by atoms with van der Waals surface area (Å²) in [7, 11) is 0. The molecule has 2 aromatic rings. The minimum absolute atomic E-state index is 0.203. The van der Waals surface area contributed by atoms with Gasteiger partial charge in [0.1, 0.15) is 5.82 Å². The molecule has 0 aliphatic carbocycles. The number of hydrogen-bond acceptors (Lipinski definition) is 3. The van der Waals surface area contributed by atoms with Gasteiger partial charge in [0.05, 0.1) is 16.6 Å². The highest BCUT2D eigenvalue weighted by molar-refractivity contribution is 5.92. The monoisotopic (exact) mass is 261 g/mol. The number of aromatic carboxylic acids is 1. The van der Waals surface area contributed by atoms with Crippen LogP contribution in [0.3, 0.4) is 0 Å². The summed E-state index contributed by atoms with van der Waals surface area (Å²) in [5.74, 6) is -0.531. The largest absolute Gasteiger partial charge is 0.478 e. The topological polar surface area (TPSA) is 98.2 Å². The summed E-state index contributed by atoms with van der Waals surface area (Å²) in [5, 5.41) is 8.96. The Bertz CT molecular complexity index is 646. The van der Waals surface area contributed by atoms with Crippen LogP contribution in [0.4, 0.5) is 0 Å².